The molecule has 3 heterocycles. The lowest BCUT2D eigenvalue weighted by Crippen LogP contribution is -2.30. The summed E-state index contributed by atoms with van der Waals surface area (Å²) in [4.78, 5) is 6.77. The molecule has 5 nitrogen and oxygen atoms in total. The fourth-order valence-corrected chi connectivity index (χ4v) is 3.13. The maximum Gasteiger partial charge on any atom is 0.208 e. The Hall–Kier alpha value is -1.59. The van der Waals surface area contributed by atoms with Gasteiger partial charge in [0, 0.05) is 11.5 Å². The highest BCUT2D eigenvalue weighted by molar-refractivity contribution is 5.06. The van der Waals surface area contributed by atoms with Crippen LogP contribution in [0.1, 0.15) is 63.5 Å². The molecule has 0 bridgehead atoms. The van der Waals surface area contributed by atoms with Gasteiger partial charge in [-0.15, -0.1) is 0 Å². The average Bonchev–Trinajstić information content (AvgIpc) is 3.19. The predicted octanol–water partition coefficient (Wildman–Crippen LogP) is 3.65. The molecule has 2 unspecified atom stereocenters. The summed E-state index contributed by atoms with van der Waals surface area (Å²) >= 11 is 0. The molecule has 1 aliphatic heterocycles. The average molecular weight is 318 g/mol. The normalized spacial score (nSPS) is 21.0. The first-order valence-corrected chi connectivity index (χ1v) is 8.34. The Balaban J connectivity index is 1.62. The standard InChI is InChI=1S/C18H26N2O3/c1-18(2,3)16-11-19-17(23-16)12-20-8-4-6-13(20)10-14(21)15-7-5-9-22-15/h5,7,9,11,13-14,21H,4,6,8,10,12H2,1-3H3. The van der Waals surface area contributed by atoms with E-state index in [0.29, 0.717) is 24.8 Å². The van der Waals surface area contributed by atoms with Gasteiger partial charge in [0.15, 0.2) is 0 Å². The molecule has 0 aliphatic carbocycles. The quantitative estimate of drug-likeness (QED) is 0.911. The Morgan fingerprint density at radius 3 is 2.91 bits per heavy atom. The van der Waals surface area contributed by atoms with Gasteiger partial charge < -0.3 is 13.9 Å². The lowest BCUT2D eigenvalue weighted by atomic mass is 9.94. The molecule has 126 valence electrons. The van der Waals surface area contributed by atoms with Crippen molar-refractivity contribution in [1.29, 1.82) is 0 Å². The van der Waals surface area contributed by atoms with Crippen molar-refractivity contribution in [3.63, 3.8) is 0 Å². The van der Waals surface area contributed by atoms with Crippen LogP contribution < -0.4 is 0 Å². The lowest BCUT2D eigenvalue weighted by Gasteiger charge is -2.24. The summed E-state index contributed by atoms with van der Waals surface area (Å²) in [6.45, 7) is 8.08. The van der Waals surface area contributed by atoms with Crippen LogP contribution in [0, 0.1) is 0 Å². The zero-order chi connectivity index (χ0) is 16.4. The molecule has 1 saturated heterocycles. The van der Waals surface area contributed by atoms with Gasteiger partial charge in [0.05, 0.1) is 19.0 Å². The predicted molar refractivity (Wildman–Crippen MR) is 86.9 cm³/mol. The Kier molecular flexibility index (Phi) is 4.60. The molecule has 1 fully saturated rings. The van der Waals surface area contributed by atoms with Gasteiger partial charge in [0.1, 0.15) is 17.6 Å². The molecule has 23 heavy (non-hydrogen) atoms. The molecule has 5 heteroatoms. The number of likely N-dealkylation sites (tertiary alicyclic amines) is 1. The van der Waals surface area contributed by atoms with Crippen molar-refractivity contribution in [3.05, 3.63) is 42.0 Å². The summed E-state index contributed by atoms with van der Waals surface area (Å²) in [6, 6.07) is 3.97. The largest absolute Gasteiger partial charge is 0.467 e. The van der Waals surface area contributed by atoms with E-state index < -0.39 is 6.10 Å². The molecule has 1 N–H and O–H groups in total. The van der Waals surface area contributed by atoms with Crippen molar-refractivity contribution in [2.45, 2.75) is 64.1 Å². The van der Waals surface area contributed by atoms with Crippen molar-refractivity contribution in [2.24, 2.45) is 0 Å². The van der Waals surface area contributed by atoms with Gasteiger partial charge >= 0.3 is 0 Å². The molecule has 0 amide bonds. The van der Waals surface area contributed by atoms with Gasteiger partial charge in [-0.2, -0.15) is 0 Å². The second-order valence-electron chi connectivity index (χ2n) is 7.40. The number of aliphatic hydroxyl groups is 1. The minimum atomic E-state index is -0.551. The van der Waals surface area contributed by atoms with Crippen LogP contribution in [-0.2, 0) is 12.0 Å². The summed E-state index contributed by atoms with van der Waals surface area (Å²) in [5.74, 6) is 2.32. The van der Waals surface area contributed by atoms with Crippen LogP contribution in [0.15, 0.2) is 33.4 Å². The van der Waals surface area contributed by atoms with E-state index in [1.165, 1.54) is 0 Å². The molecular formula is C18H26N2O3. The third-order valence-electron chi connectivity index (χ3n) is 4.50. The summed E-state index contributed by atoms with van der Waals surface area (Å²) in [5, 5.41) is 10.3. The number of rotatable bonds is 5. The second kappa shape index (κ2) is 6.49. The molecule has 0 spiro atoms. The zero-order valence-electron chi connectivity index (χ0n) is 14.2. The zero-order valence-corrected chi connectivity index (χ0v) is 14.2. The molecule has 1 aliphatic rings. The third kappa shape index (κ3) is 3.85. The number of hydrogen-bond acceptors (Lipinski definition) is 5. The second-order valence-corrected chi connectivity index (χ2v) is 7.40. The summed E-state index contributed by atoms with van der Waals surface area (Å²) < 4.78 is 11.2. The first-order chi connectivity index (χ1) is 10.9. The summed E-state index contributed by atoms with van der Waals surface area (Å²) in [7, 11) is 0. The highest BCUT2D eigenvalue weighted by Crippen LogP contribution is 2.29. The number of nitrogens with zero attached hydrogens (tertiary/aromatic N) is 2. The number of aliphatic hydroxyl groups excluding tert-OH is 1. The van der Waals surface area contributed by atoms with E-state index >= 15 is 0 Å². The van der Waals surface area contributed by atoms with Crippen LogP contribution in [0.25, 0.3) is 0 Å². The summed E-state index contributed by atoms with van der Waals surface area (Å²) in [5.41, 5.74) is -0.0227. The van der Waals surface area contributed by atoms with Crippen LogP contribution in [0.3, 0.4) is 0 Å². The Labute approximate surface area is 137 Å². The maximum absolute atomic E-state index is 10.3. The van der Waals surface area contributed by atoms with Crippen molar-refractivity contribution in [3.8, 4) is 0 Å². The molecule has 3 rings (SSSR count). The first kappa shape index (κ1) is 16.3. The molecule has 2 aromatic rings. The SMILES string of the molecule is CC(C)(C)c1cnc(CN2CCCC2CC(O)c2ccco2)o1. The smallest absolute Gasteiger partial charge is 0.208 e. The number of furan rings is 1. The van der Waals surface area contributed by atoms with Crippen LogP contribution in [0.2, 0.25) is 0 Å². The van der Waals surface area contributed by atoms with Crippen LogP contribution in [0.5, 0.6) is 0 Å². The highest BCUT2D eigenvalue weighted by Gasteiger charge is 2.29. The fourth-order valence-electron chi connectivity index (χ4n) is 3.13. The highest BCUT2D eigenvalue weighted by atomic mass is 16.4. The van der Waals surface area contributed by atoms with Gasteiger partial charge in [-0.3, -0.25) is 4.90 Å². The third-order valence-corrected chi connectivity index (χ3v) is 4.50. The lowest BCUT2D eigenvalue weighted by molar-refractivity contribution is 0.0961. The first-order valence-electron chi connectivity index (χ1n) is 8.34. The summed E-state index contributed by atoms with van der Waals surface area (Å²) in [6.07, 6.45) is 5.79. The molecule has 0 radical (unpaired) electrons. The van der Waals surface area contributed by atoms with Crippen LogP contribution in [0.4, 0.5) is 0 Å². The van der Waals surface area contributed by atoms with E-state index in [2.05, 4.69) is 30.7 Å². The molecule has 0 saturated carbocycles. The van der Waals surface area contributed by atoms with E-state index in [1.54, 1.807) is 6.26 Å². The van der Waals surface area contributed by atoms with Crippen molar-refractivity contribution >= 4 is 0 Å². The molecule has 0 aromatic carbocycles. The Morgan fingerprint density at radius 1 is 1.43 bits per heavy atom. The van der Waals surface area contributed by atoms with Gasteiger partial charge in [-0.25, -0.2) is 4.98 Å². The monoisotopic (exact) mass is 318 g/mol. The van der Waals surface area contributed by atoms with Gasteiger partial charge in [0.25, 0.3) is 0 Å². The van der Waals surface area contributed by atoms with Gasteiger partial charge in [0.2, 0.25) is 5.89 Å². The maximum atomic E-state index is 10.3. The number of hydrogen-bond donors (Lipinski definition) is 1. The number of aromatic nitrogens is 1. The van der Waals surface area contributed by atoms with E-state index in [9.17, 15) is 5.11 Å². The van der Waals surface area contributed by atoms with Gasteiger partial charge in [-0.05, 0) is 37.9 Å². The minimum absolute atomic E-state index is 0.0227. The van der Waals surface area contributed by atoms with E-state index in [-0.39, 0.29) is 5.41 Å². The van der Waals surface area contributed by atoms with Crippen molar-refractivity contribution in [1.82, 2.24) is 9.88 Å². The van der Waals surface area contributed by atoms with Crippen LogP contribution in [-0.4, -0.2) is 27.6 Å². The van der Waals surface area contributed by atoms with E-state index in [1.807, 2.05) is 18.3 Å². The van der Waals surface area contributed by atoms with Crippen LogP contribution >= 0.6 is 0 Å². The Morgan fingerprint density at radius 2 is 2.26 bits per heavy atom. The van der Waals surface area contributed by atoms with E-state index in [4.69, 9.17) is 8.83 Å². The van der Waals surface area contributed by atoms with E-state index in [0.717, 1.165) is 31.0 Å². The molecule has 2 aromatic heterocycles. The molecular weight excluding hydrogens is 292 g/mol. The number of oxazole rings is 1. The topological polar surface area (TPSA) is 62.6 Å². The Bertz CT molecular complexity index is 613. The van der Waals surface area contributed by atoms with Crippen molar-refractivity contribution in [2.75, 3.05) is 6.54 Å². The van der Waals surface area contributed by atoms with Crippen molar-refractivity contribution < 1.29 is 13.9 Å². The fraction of sp³-hybridized carbons (Fsp3) is 0.611. The van der Waals surface area contributed by atoms with Gasteiger partial charge in [-0.1, -0.05) is 20.8 Å². The minimum Gasteiger partial charge on any atom is -0.467 e. The molecule has 2 atom stereocenters.